The number of hydrogen-bond donors (Lipinski definition) is 2. The molecule has 1 aliphatic heterocycles. The number of carbonyl (C=O) groups excluding carboxylic acids is 1. The lowest BCUT2D eigenvalue weighted by Crippen LogP contribution is -2.48. The number of rotatable bonds is 8. The Hall–Kier alpha value is -3.08. The van der Waals surface area contributed by atoms with Gasteiger partial charge in [-0.15, -0.1) is 0 Å². The molecule has 3 N–H and O–H groups in total. The summed E-state index contributed by atoms with van der Waals surface area (Å²) in [7, 11) is -3.56. The van der Waals surface area contributed by atoms with Crippen LogP contribution in [0.1, 0.15) is 46.0 Å². The number of sulfonamides is 1. The van der Waals surface area contributed by atoms with Crippen LogP contribution < -0.4 is 11.1 Å². The number of para-hydroxylation sites is 1. The van der Waals surface area contributed by atoms with Crippen molar-refractivity contribution in [1.29, 1.82) is 0 Å². The van der Waals surface area contributed by atoms with Crippen molar-refractivity contribution in [2.24, 2.45) is 11.7 Å². The van der Waals surface area contributed by atoms with Gasteiger partial charge in [0.05, 0.1) is 17.0 Å². The molecule has 0 aliphatic carbocycles. The zero-order chi connectivity index (χ0) is 27.7. The molecule has 38 heavy (non-hydrogen) atoms. The molecule has 2 heterocycles. The van der Waals surface area contributed by atoms with Crippen LogP contribution >= 0.6 is 0 Å². The third kappa shape index (κ3) is 6.14. The standard InChI is InChI=1S/C28H38N6O3S/c1-19(2)25(26(29)35)32-27-22-8-6-7-9-23(22)30-24(31-27)18-33-14-16-34(17-15-33)38(36,37)21-12-10-20(11-13-21)28(3,4)5/h6-13,19,25H,14-18H2,1-5H3,(H2,29,35)(H,30,31,32)/t25-/m0/s1. The minimum absolute atomic E-state index is 0.00984. The molecule has 1 aliphatic rings. The number of primary amides is 1. The molecule has 10 heteroatoms. The van der Waals surface area contributed by atoms with Crippen molar-refractivity contribution >= 4 is 32.7 Å². The van der Waals surface area contributed by atoms with Gasteiger partial charge in [-0.1, -0.05) is 58.9 Å². The topological polar surface area (TPSA) is 122 Å². The van der Waals surface area contributed by atoms with Crippen LogP contribution in [0.5, 0.6) is 0 Å². The molecule has 0 unspecified atom stereocenters. The molecule has 1 atom stereocenters. The number of nitrogens with zero attached hydrogens (tertiary/aromatic N) is 4. The van der Waals surface area contributed by atoms with E-state index in [9.17, 15) is 13.2 Å². The largest absolute Gasteiger partial charge is 0.368 e. The van der Waals surface area contributed by atoms with E-state index in [4.69, 9.17) is 15.7 Å². The third-order valence-electron chi connectivity index (χ3n) is 6.97. The molecule has 4 rings (SSSR count). The first-order chi connectivity index (χ1) is 17.9. The van der Waals surface area contributed by atoms with Crippen molar-refractivity contribution in [2.45, 2.75) is 57.5 Å². The summed E-state index contributed by atoms with van der Waals surface area (Å²) in [5.74, 6) is 0.731. The van der Waals surface area contributed by atoms with Crippen molar-refractivity contribution in [3.8, 4) is 0 Å². The quantitative estimate of drug-likeness (QED) is 0.451. The fourth-order valence-corrected chi connectivity index (χ4v) is 6.05. The maximum Gasteiger partial charge on any atom is 0.243 e. The van der Waals surface area contributed by atoms with E-state index in [1.165, 1.54) is 0 Å². The second kappa shape index (κ2) is 11.0. The molecule has 0 saturated carbocycles. The Labute approximate surface area is 225 Å². The third-order valence-corrected chi connectivity index (χ3v) is 8.88. The van der Waals surface area contributed by atoms with Gasteiger partial charge in [-0.25, -0.2) is 18.4 Å². The average Bonchev–Trinajstić information content (AvgIpc) is 2.86. The van der Waals surface area contributed by atoms with E-state index in [-0.39, 0.29) is 11.3 Å². The van der Waals surface area contributed by atoms with Crippen molar-refractivity contribution in [3.63, 3.8) is 0 Å². The molecule has 1 aromatic heterocycles. The molecule has 1 amide bonds. The molecule has 204 valence electrons. The molecule has 0 bridgehead atoms. The van der Waals surface area contributed by atoms with E-state index in [2.05, 4.69) is 31.0 Å². The number of carbonyl (C=O) groups is 1. The minimum Gasteiger partial charge on any atom is -0.368 e. The lowest BCUT2D eigenvalue weighted by molar-refractivity contribution is -0.119. The fourth-order valence-electron chi connectivity index (χ4n) is 4.62. The maximum absolute atomic E-state index is 13.3. The second-order valence-corrected chi connectivity index (χ2v) is 13.2. The number of hydrogen-bond acceptors (Lipinski definition) is 7. The lowest BCUT2D eigenvalue weighted by atomic mass is 9.87. The van der Waals surface area contributed by atoms with Gasteiger partial charge >= 0.3 is 0 Å². The Morgan fingerprint density at radius 3 is 2.21 bits per heavy atom. The highest BCUT2D eigenvalue weighted by Crippen LogP contribution is 2.26. The normalized spacial score (nSPS) is 16.6. The lowest BCUT2D eigenvalue weighted by Gasteiger charge is -2.33. The summed E-state index contributed by atoms with van der Waals surface area (Å²) < 4.78 is 28.1. The van der Waals surface area contributed by atoms with Gasteiger partial charge in [0.2, 0.25) is 15.9 Å². The summed E-state index contributed by atoms with van der Waals surface area (Å²) in [6, 6.07) is 14.3. The minimum atomic E-state index is -3.56. The highest BCUT2D eigenvalue weighted by molar-refractivity contribution is 7.89. The zero-order valence-corrected chi connectivity index (χ0v) is 23.6. The first-order valence-corrected chi connectivity index (χ1v) is 14.4. The number of benzene rings is 2. The van der Waals surface area contributed by atoms with E-state index >= 15 is 0 Å². The van der Waals surface area contributed by atoms with Gasteiger partial charge in [-0.3, -0.25) is 9.69 Å². The summed E-state index contributed by atoms with van der Waals surface area (Å²) in [4.78, 5) is 24.0. The van der Waals surface area contributed by atoms with E-state index < -0.39 is 22.0 Å². The Kier molecular flexibility index (Phi) is 8.06. The van der Waals surface area contributed by atoms with Gasteiger partial charge in [0, 0.05) is 31.6 Å². The van der Waals surface area contributed by atoms with E-state index in [1.807, 2.05) is 50.2 Å². The van der Waals surface area contributed by atoms with E-state index in [0.717, 1.165) is 16.5 Å². The van der Waals surface area contributed by atoms with Crippen LogP contribution in [0.4, 0.5) is 5.82 Å². The molecular formula is C28H38N6O3S. The molecular weight excluding hydrogens is 500 g/mol. The van der Waals surface area contributed by atoms with Gasteiger partial charge in [0.1, 0.15) is 17.7 Å². The molecule has 0 radical (unpaired) electrons. The summed E-state index contributed by atoms with van der Waals surface area (Å²) in [6.07, 6.45) is 0. The van der Waals surface area contributed by atoms with Crippen molar-refractivity contribution < 1.29 is 13.2 Å². The van der Waals surface area contributed by atoms with Crippen LogP contribution in [0.15, 0.2) is 53.4 Å². The van der Waals surface area contributed by atoms with Gasteiger partial charge < -0.3 is 11.1 Å². The molecule has 9 nitrogen and oxygen atoms in total. The Morgan fingerprint density at radius 1 is 1.00 bits per heavy atom. The first-order valence-electron chi connectivity index (χ1n) is 13.0. The highest BCUT2D eigenvalue weighted by Gasteiger charge is 2.29. The van der Waals surface area contributed by atoms with Crippen LogP contribution in [0, 0.1) is 5.92 Å². The number of fused-ring (bicyclic) bond motifs is 1. The molecule has 0 spiro atoms. The number of nitrogens with two attached hydrogens (primary N) is 1. The molecule has 3 aromatic rings. The number of aromatic nitrogens is 2. The SMILES string of the molecule is CC(C)[C@H](Nc1nc(CN2CCN(S(=O)(=O)c3ccc(C(C)(C)C)cc3)CC2)nc2ccccc12)C(N)=O. The number of nitrogens with one attached hydrogen (secondary N) is 1. The van der Waals surface area contributed by atoms with Gasteiger partial charge in [0.15, 0.2) is 0 Å². The predicted molar refractivity (Wildman–Crippen MR) is 150 cm³/mol. The predicted octanol–water partition coefficient (Wildman–Crippen LogP) is 3.36. The Bertz CT molecular complexity index is 1390. The van der Waals surface area contributed by atoms with Crippen LogP contribution in [-0.4, -0.2) is 65.7 Å². The van der Waals surface area contributed by atoms with Crippen molar-refractivity contribution in [3.05, 3.63) is 59.9 Å². The first kappa shape index (κ1) is 27.9. The van der Waals surface area contributed by atoms with Crippen LogP contribution in [0.25, 0.3) is 10.9 Å². The molecule has 1 saturated heterocycles. The highest BCUT2D eigenvalue weighted by atomic mass is 32.2. The zero-order valence-electron chi connectivity index (χ0n) is 22.8. The molecule has 2 aromatic carbocycles. The van der Waals surface area contributed by atoms with Gasteiger partial charge in [-0.05, 0) is 41.2 Å². The van der Waals surface area contributed by atoms with Crippen LogP contribution in [0.2, 0.25) is 0 Å². The van der Waals surface area contributed by atoms with E-state index in [1.54, 1.807) is 16.4 Å². The fraction of sp³-hybridized carbons (Fsp3) is 0.464. The van der Waals surface area contributed by atoms with E-state index in [0.29, 0.717) is 49.3 Å². The average molecular weight is 539 g/mol. The van der Waals surface area contributed by atoms with Gasteiger partial charge in [-0.2, -0.15) is 4.31 Å². The molecule has 1 fully saturated rings. The maximum atomic E-state index is 13.3. The smallest absolute Gasteiger partial charge is 0.243 e. The summed E-state index contributed by atoms with van der Waals surface area (Å²) in [5.41, 5.74) is 7.46. The summed E-state index contributed by atoms with van der Waals surface area (Å²) >= 11 is 0. The number of amides is 1. The van der Waals surface area contributed by atoms with Crippen LogP contribution in [0.3, 0.4) is 0 Å². The van der Waals surface area contributed by atoms with Crippen LogP contribution in [-0.2, 0) is 26.8 Å². The van der Waals surface area contributed by atoms with Gasteiger partial charge in [0.25, 0.3) is 0 Å². The second-order valence-electron chi connectivity index (χ2n) is 11.2. The Morgan fingerprint density at radius 2 is 1.63 bits per heavy atom. The van der Waals surface area contributed by atoms with Crippen molar-refractivity contribution in [1.82, 2.24) is 19.2 Å². The number of piperazine rings is 1. The monoisotopic (exact) mass is 538 g/mol. The Balaban J connectivity index is 1.47. The summed E-state index contributed by atoms with van der Waals surface area (Å²) in [5, 5.41) is 4.04. The van der Waals surface area contributed by atoms with Crippen molar-refractivity contribution in [2.75, 3.05) is 31.5 Å². The summed E-state index contributed by atoms with van der Waals surface area (Å²) in [6.45, 7) is 12.5. The number of anilines is 1.